The number of aliphatic hydroxyl groups excluding tert-OH is 1. The number of phosphoric acid groups is 1. The van der Waals surface area contributed by atoms with Gasteiger partial charge in [-0.15, -0.1) is 0 Å². The van der Waals surface area contributed by atoms with Crippen LogP contribution < -0.4 is 10.2 Å². The van der Waals surface area contributed by atoms with Crippen LogP contribution in [0, 0.1) is 0 Å². The summed E-state index contributed by atoms with van der Waals surface area (Å²) in [5, 5.41) is 13.8. The minimum atomic E-state index is -4.60. The second kappa shape index (κ2) is 52.8. The summed E-state index contributed by atoms with van der Waals surface area (Å²) in [6.45, 7) is 4.64. The summed E-state index contributed by atoms with van der Waals surface area (Å²) < 4.78 is 23.3. The summed E-state index contributed by atoms with van der Waals surface area (Å²) in [6, 6.07) is -0.899. The average Bonchev–Trinajstić information content (AvgIpc) is 3.32. The summed E-state index contributed by atoms with van der Waals surface area (Å²) in [4.78, 5) is 25.4. The molecule has 0 spiro atoms. The number of hydrogen-bond acceptors (Lipinski definition) is 6. The number of rotatable bonds is 57. The van der Waals surface area contributed by atoms with Crippen molar-refractivity contribution >= 4 is 13.7 Å². The van der Waals surface area contributed by atoms with Gasteiger partial charge in [-0.3, -0.25) is 9.36 Å². The zero-order valence-electron chi connectivity index (χ0n) is 47.5. The van der Waals surface area contributed by atoms with Gasteiger partial charge in [0.25, 0.3) is 7.82 Å². The van der Waals surface area contributed by atoms with Gasteiger partial charge in [-0.05, 0) is 32.1 Å². The third kappa shape index (κ3) is 54.7. The summed E-state index contributed by atoms with van der Waals surface area (Å²) in [7, 11) is 1.26. The Hall–Kier alpha value is -1.02. The number of amides is 1. The molecule has 0 saturated heterocycles. The van der Waals surface area contributed by atoms with Crippen molar-refractivity contribution in [3.63, 3.8) is 0 Å². The van der Waals surface area contributed by atoms with Gasteiger partial charge in [0.1, 0.15) is 13.2 Å². The Morgan fingerprint density at radius 3 is 1.16 bits per heavy atom. The molecule has 0 aromatic carbocycles. The monoisotopic (exact) mass is 1010 g/mol. The molecule has 0 heterocycles. The van der Waals surface area contributed by atoms with Crippen molar-refractivity contribution in [2.45, 2.75) is 321 Å². The second-order valence-electron chi connectivity index (χ2n) is 22.4. The van der Waals surface area contributed by atoms with E-state index in [4.69, 9.17) is 9.05 Å². The van der Waals surface area contributed by atoms with E-state index in [-0.39, 0.29) is 19.1 Å². The number of nitrogens with zero attached hydrogens (tertiary/aromatic N) is 1. The van der Waals surface area contributed by atoms with Crippen LogP contribution in [0.15, 0.2) is 24.3 Å². The molecule has 1 amide bonds. The molecule has 0 aliphatic heterocycles. The minimum absolute atomic E-state index is 0.00407. The van der Waals surface area contributed by atoms with Gasteiger partial charge in [-0.2, -0.15) is 0 Å². The first kappa shape index (κ1) is 69.0. The first-order valence-corrected chi connectivity index (χ1v) is 32.2. The number of carbonyl (C=O) groups excluding carboxylic acids is 1. The molecule has 0 saturated carbocycles. The molecule has 0 rings (SSSR count). The maximum absolute atomic E-state index is 12.9. The van der Waals surface area contributed by atoms with E-state index in [9.17, 15) is 19.4 Å². The van der Waals surface area contributed by atoms with Gasteiger partial charge >= 0.3 is 0 Å². The van der Waals surface area contributed by atoms with Crippen molar-refractivity contribution < 1.29 is 32.9 Å². The highest BCUT2D eigenvalue weighted by molar-refractivity contribution is 7.45. The third-order valence-electron chi connectivity index (χ3n) is 14.2. The fourth-order valence-corrected chi connectivity index (χ4v) is 10.1. The molecular weight excluding hydrogens is 888 g/mol. The number of likely N-dealkylation sites (N-methyl/N-ethyl adjacent to an activating group) is 1. The first-order chi connectivity index (χ1) is 34.0. The highest BCUT2D eigenvalue weighted by atomic mass is 31.2. The molecule has 70 heavy (non-hydrogen) atoms. The van der Waals surface area contributed by atoms with E-state index in [1.165, 1.54) is 250 Å². The van der Waals surface area contributed by atoms with E-state index < -0.39 is 20.0 Å². The van der Waals surface area contributed by atoms with Crippen LogP contribution in [0.3, 0.4) is 0 Å². The number of hydrogen-bond donors (Lipinski definition) is 2. The highest BCUT2D eigenvalue weighted by Gasteiger charge is 2.23. The van der Waals surface area contributed by atoms with Gasteiger partial charge in [0.2, 0.25) is 5.91 Å². The van der Waals surface area contributed by atoms with E-state index in [1.807, 2.05) is 27.2 Å². The van der Waals surface area contributed by atoms with Gasteiger partial charge in [0.05, 0.1) is 39.9 Å². The number of phosphoric ester groups is 1. The maximum Gasteiger partial charge on any atom is 0.268 e. The van der Waals surface area contributed by atoms with Crippen LogP contribution in [0.2, 0.25) is 0 Å². The van der Waals surface area contributed by atoms with E-state index in [0.717, 1.165) is 38.5 Å². The topological polar surface area (TPSA) is 108 Å². The molecule has 8 nitrogen and oxygen atoms in total. The summed E-state index contributed by atoms with van der Waals surface area (Å²) in [5.41, 5.74) is 0. The molecule has 0 aliphatic carbocycles. The van der Waals surface area contributed by atoms with Gasteiger partial charge in [-0.25, -0.2) is 0 Å². The van der Waals surface area contributed by atoms with Crippen LogP contribution in [0.5, 0.6) is 0 Å². The first-order valence-electron chi connectivity index (χ1n) is 30.7. The van der Waals surface area contributed by atoms with Gasteiger partial charge in [-0.1, -0.05) is 295 Å². The van der Waals surface area contributed by atoms with Gasteiger partial charge in [0, 0.05) is 6.42 Å². The molecule has 9 heteroatoms. The predicted octanol–water partition coefficient (Wildman–Crippen LogP) is 18.1. The number of allylic oxidation sites excluding steroid dienone is 3. The number of carbonyl (C=O) groups is 1. The van der Waals surface area contributed by atoms with Gasteiger partial charge < -0.3 is 28.8 Å². The lowest BCUT2D eigenvalue weighted by molar-refractivity contribution is -0.870. The molecule has 0 aromatic rings. The van der Waals surface area contributed by atoms with Crippen LogP contribution in [0.25, 0.3) is 0 Å². The number of unbranched alkanes of at least 4 members (excludes halogenated alkanes) is 42. The fraction of sp³-hybridized carbons (Fsp3) is 0.918. The van der Waals surface area contributed by atoms with Crippen molar-refractivity contribution in [3.05, 3.63) is 24.3 Å². The molecule has 0 bridgehead atoms. The quantitative estimate of drug-likeness (QED) is 0.0272. The van der Waals surface area contributed by atoms with Crippen molar-refractivity contribution in [3.8, 4) is 0 Å². The molecule has 0 fully saturated rings. The Labute approximate surface area is 436 Å². The molecule has 2 N–H and O–H groups in total. The Bertz CT molecular complexity index is 1190. The van der Waals surface area contributed by atoms with Crippen molar-refractivity contribution in [1.82, 2.24) is 5.32 Å². The van der Waals surface area contributed by atoms with Crippen LogP contribution in [-0.4, -0.2) is 68.5 Å². The van der Waals surface area contributed by atoms with Crippen LogP contribution in [0.1, 0.15) is 309 Å². The Morgan fingerprint density at radius 1 is 0.486 bits per heavy atom. The standard InChI is InChI=1S/C61H121N2O6P/c1-6-8-10-12-14-16-18-20-21-22-23-24-25-26-27-28-29-30-31-32-33-34-35-36-37-38-39-40-41-42-43-45-47-49-51-53-55-61(65)62-59(58-69-70(66,67)68-57-56-63(3,4)5)60(64)54-52-50-48-46-44-19-17-15-13-11-9-7-2/h44,46,52,54,59-60,64H,6-43,45,47-51,53,55-58H2,1-5H3,(H-,62,65,66,67)/b46-44+,54-52+. The lowest BCUT2D eigenvalue weighted by atomic mass is 10.0. The Morgan fingerprint density at radius 2 is 0.800 bits per heavy atom. The van der Waals surface area contributed by atoms with Crippen LogP contribution in [0.4, 0.5) is 0 Å². The summed E-state index contributed by atoms with van der Waals surface area (Å²) in [6.07, 6.45) is 67.3. The lowest BCUT2D eigenvalue weighted by Gasteiger charge is -2.29. The summed E-state index contributed by atoms with van der Waals surface area (Å²) in [5.74, 6) is -0.202. The smallest absolute Gasteiger partial charge is 0.268 e. The summed E-state index contributed by atoms with van der Waals surface area (Å²) >= 11 is 0. The zero-order valence-corrected chi connectivity index (χ0v) is 48.4. The van der Waals surface area contributed by atoms with E-state index in [1.54, 1.807) is 6.08 Å². The van der Waals surface area contributed by atoms with Gasteiger partial charge in [0.15, 0.2) is 0 Å². The number of quaternary nitrogens is 1. The van der Waals surface area contributed by atoms with E-state index in [2.05, 4.69) is 31.3 Å². The molecule has 0 aliphatic rings. The Kier molecular flexibility index (Phi) is 52.1. The fourth-order valence-electron chi connectivity index (χ4n) is 9.35. The average molecular weight is 1010 g/mol. The third-order valence-corrected chi connectivity index (χ3v) is 15.1. The molecule has 3 unspecified atom stereocenters. The van der Waals surface area contributed by atoms with E-state index >= 15 is 0 Å². The SMILES string of the molecule is CCCCCCCC/C=C/CC/C=C/C(O)C(COP(=O)([O-])OCC[N+](C)(C)C)NC(=O)CCCCCCCCCCCCCCCCCCCCCCCCCCCCCCCCCCCCCC. The van der Waals surface area contributed by atoms with E-state index in [0.29, 0.717) is 17.4 Å². The minimum Gasteiger partial charge on any atom is -0.756 e. The predicted molar refractivity (Wildman–Crippen MR) is 302 cm³/mol. The largest absolute Gasteiger partial charge is 0.756 e. The molecular formula is C61H121N2O6P. The molecule has 0 radical (unpaired) electrons. The van der Waals surface area contributed by atoms with Crippen molar-refractivity contribution in [2.75, 3.05) is 40.9 Å². The maximum atomic E-state index is 12.9. The number of nitrogens with one attached hydrogen (secondary N) is 1. The van der Waals surface area contributed by atoms with Crippen LogP contribution in [-0.2, 0) is 18.4 Å². The highest BCUT2D eigenvalue weighted by Crippen LogP contribution is 2.38. The zero-order chi connectivity index (χ0) is 51.3. The van der Waals surface area contributed by atoms with Crippen molar-refractivity contribution in [1.29, 1.82) is 0 Å². The van der Waals surface area contributed by atoms with Crippen LogP contribution >= 0.6 is 7.82 Å². The molecule has 3 atom stereocenters. The Balaban J connectivity index is 3.88. The number of aliphatic hydroxyl groups is 1. The lowest BCUT2D eigenvalue weighted by Crippen LogP contribution is -2.45. The molecule has 416 valence electrons. The normalized spacial score (nSPS) is 14.0. The second-order valence-corrected chi connectivity index (χ2v) is 23.8. The van der Waals surface area contributed by atoms with Crippen molar-refractivity contribution in [2.24, 2.45) is 0 Å². The molecule has 0 aromatic heterocycles.